The zero-order valence-corrected chi connectivity index (χ0v) is 13.7. The Balaban J connectivity index is 1.92. The molecule has 1 aliphatic heterocycles. The van der Waals surface area contributed by atoms with Crippen LogP contribution in [0.25, 0.3) is 0 Å². The van der Waals surface area contributed by atoms with E-state index in [0.717, 1.165) is 30.2 Å². The lowest BCUT2D eigenvalue weighted by Crippen LogP contribution is -2.35. The van der Waals surface area contributed by atoms with Gasteiger partial charge in [0.15, 0.2) is 11.5 Å². The molecule has 6 nitrogen and oxygen atoms in total. The quantitative estimate of drug-likeness (QED) is 0.844. The predicted molar refractivity (Wildman–Crippen MR) is 90.8 cm³/mol. The zero-order valence-electron chi connectivity index (χ0n) is 13.7. The molecule has 0 spiro atoms. The van der Waals surface area contributed by atoms with Crippen molar-refractivity contribution in [1.82, 2.24) is 15.1 Å². The zero-order chi connectivity index (χ0) is 16.4. The number of carbonyl (C=O) groups is 1. The monoisotopic (exact) mass is 311 g/mol. The van der Waals surface area contributed by atoms with E-state index in [1.165, 1.54) is 0 Å². The van der Waals surface area contributed by atoms with Crippen molar-refractivity contribution in [3.63, 3.8) is 0 Å². The molecule has 0 fully saturated rings. The summed E-state index contributed by atoms with van der Waals surface area (Å²) in [6.45, 7) is 2.30. The number of para-hydroxylation sites is 1. The highest BCUT2D eigenvalue weighted by molar-refractivity contribution is 6.05. The maximum Gasteiger partial charge on any atom is 0.278 e. The Bertz CT molecular complexity index is 698. The maximum atomic E-state index is 12.9. The topological polar surface area (TPSA) is 52.6 Å². The number of carbonyl (C=O) groups excluding carboxylic acids is 1. The number of hydrogen-bond donors (Lipinski definition) is 0. The number of benzene rings is 1. The van der Waals surface area contributed by atoms with E-state index in [4.69, 9.17) is 0 Å². The first-order valence-electron chi connectivity index (χ1n) is 7.65. The molecular weight excluding hydrogens is 290 g/mol. The molecule has 1 amide bonds. The summed E-state index contributed by atoms with van der Waals surface area (Å²) in [5, 5.41) is 8.21. The minimum Gasteiger partial charge on any atom is -0.361 e. The molecule has 0 radical (unpaired) electrons. The normalized spacial score (nSPS) is 15.0. The minimum atomic E-state index is -0.106. The summed E-state index contributed by atoms with van der Waals surface area (Å²) in [5.41, 5.74) is 2.48. The molecule has 23 heavy (non-hydrogen) atoms. The van der Waals surface area contributed by atoms with Crippen molar-refractivity contribution in [1.29, 1.82) is 0 Å². The fourth-order valence-corrected chi connectivity index (χ4v) is 2.70. The SMILES string of the molecule is CN1CCN(C(=O)c2ccc(N(C)C)nn2)c2ccccc2C1. The molecule has 1 aliphatic rings. The fourth-order valence-electron chi connectivity index (χ4n) is 2.70. The Morgan fingerprint density at radius 3 is 2.57 bits per heavy atom. The molecule has 0 bridgehead atoms. The van der Waals surface area contributed by atoms with Crippen LogP contribution >= 0.6 is 0 Å². The van der Waals surface area contributed by atoms with E-state index < -0.39 is 0 Å². The molecule has 0 N–H and O–H groups in total. The van der Waals surface area contributed by atoms with Gasteiger partial charge >= 0.3 is 0 Å². The molecule has 1 aromatic heterocycles. The van der Waals surface area contributed by atoms with Gasteiger partial charge in [-0.15, -0.1) is 10.2 Å². The third kappa shape index (κ3) is 3.17. The Hall–Kier alpha value is -2.47. The molecule has 2 heterocycles. The second-order valence-electron chi connectivity index (χ2n) is 5.99. The van der Waals surface area contributed by atoms with E-state index in [9.17, 15) is 4.79 Å². The van der Waals surface area contributed by atoms with E-state index in [-0.39, 0.29) is 5.91 Å². The average molecular weight is 311 g/mol. The van der Waals surface area contributed by atoms with Gasteiger partial charge in [0.25, 0.3) is 5.91 Å². The number of nitrogens with zero attached hydrogens (tertiary/aromatic N) is 5. The predicted octanol–water partition coefficient (Wildman–Crippen LogP) is 1.63. The van der Waals surface area contributed by atoms with E-state index in [2.05, 4.69) is 28.2 Å². The Morgan fingerprint density at radius 2 is 1.87 bits per heavy atom. The maximum absolute atomic E-state index is 12.9. The largest absolute Gasteiger partial charge is 0.361 e. The van der Waals surface area contributed by atoms with Crippen LogP contribution in [0.3, 0.4) is 0 Å². The van der Waals surface area contributed by atoms with Crippen LogP contribution in [0.15, 0.2) is 36.4 Å². The molecule has 0 saturated carbocycles. The number of likely N-dealkylation sites (N-methyl/N-ethyl adjacent to an activating group) is 1. The summed E-state index contributed by atoms with van der Waals surface area (Å²) in [6.07, 6.45) is 0. The van der Waals surface area contributed by atoms with Gasteiger partial charge < -0.3 is 14.7 Å². The Morgan fingerprint density at radius 1 is 1.09 bits per heavy atom. The Labute approximate surface area is 136 Å². The smallest absolute Gasteiger partial charge is 0.278 e. The molecule has 6 heteroatoms. The molecule has 0 saturated heterocycles. The van der Waals surface area contributed by atoms with Crippen LogP contribution in [0.1, 0.15) is 16.1 Å². The fraction of sp³-hybridized carbons (Fsp3) is 0.353. The molecule has 0 aliphatic carbocycles. The highest BCUT2D eigenvalue weighted by Gasteiger charge is 2.24. The first kappa shape index (κ1) is 15.4. The summed E-state index contributed by atoms with van der Waals surface area (Å²) >= 11 is 0. The second kappa shape index (κ2) is 6.34. The van der Waals surface area contributed by atoms with Gasteiger partial charge in [-0.1, -0.05) is 18.2 Å². The summed E-state index contributed by atoms with van der Waals surface area (Å²) in [4.78, 5) is 18.8. The van der Waals surface area contributed by atoms with E-state index in [1.54, 1.807) is 11.0 Å². The van der Waals surface area contributed by atoms with E-state index >= 15 is 0 Å². The van der Waals surface area contributed by atoms with Gasteiger partial charge in [0.1, 0.15) is 0 Å². The van der Waals surface area contributed by atoms with Crippen molar-refractivity contribution < 1.29 is 4.79 Å². The molecule has 120 valence electrons. The standard InChI is InChI=1S/C17H21N5O/c1-20(2)16-9-8-14(18-19-16)17(23)22-11-10-21(3)12-13-6-4-5-7-15(13)22/h4-9H,10-12H2,1-3H3. The average Bonchev–Trinajstić information content (AvgIpc) is 2.72. The highest BCUT2D eigenvalue weighted by Crippen LogP contribution is 2.25. The molecule has 3 rings (SSSR count). The minimum absolute atomic E-state index is 0.106. The third-order valence-electron chi connectivity index (χ3n) is 4.00. The van der Waals surface area contributed by atoms with Gasteiger partial charge in [0.05, 0.1) is 0 Å². The summed E-state index contributed by atoms with van der Waals surface area (Å²) < 4.78 is 0. The summed E-state index contributed by atoms with van der Waals surface area (Å²) in [7, 11) is 5.86. The first-order chi connectivity index (χ1) is 11.1. The second-order valence-corrected chi connectivity index (χ2v) is 5.99. The third-order valence-corrected chi connectivity index (χ3v) is 4.00. The van der Waals surface area contributed by atoms with Crippen LogP contribution in [0.4, 0.5) is 11.5 Å². The molecule has 1 aromatic carbocycles. The molecule has 0 atom stereocenters. The van der Waals surface area contributed by atoms with Crippen molar-refractivity contribution in [2.45, 2.75) is 6.54 Å². The van der Waals surface area contributed by atoms with Gasteiger partial charge in [-0.2, -0.15) is 0 Å². The van der Waals surface area contributed by atoms with E-state index in [1.807, 2.05) is 43.3 Å². The van der Waals surface area contributed by atoms with Crippen molar-refractivity contribution in [2.75, 3.05) is 44.0 Å². The first-order valence-corrected chi connectivity index (χ1v) is 7.65. The van der Waals surface area contributed by atoms with Crippen LogP contribution in [0.2, 0.25) is 0 Å². The van der Waals surface area contributed by atoms with Gasteiger partial charge in [-0.3, -0.25) is 4.79 Å². The van der Waals surface area contributed by atoms with Crippen LogP contribution in [-0.4, -0.2) is 55.2 Å². The van der Waals surface area contributed by atoms with Crippen LogP contribution in [0, 0.1) is 0 Å². The van der Waals surface area contributed by atoms with Crippen molar-refractivity contribution in [2.24, 2.45) is 0 Å². The van der Waals surface area contributed by atoms with Gasteiger partial charge in [0, 0.05) is 39.4 Å². The van der Waals surface area contributed by atoms with Crippen LogP contribution in [-0.2, 0) is 6.54 Å². The van der Waals surface area contributed by atoms with Crippen molar-refractivity contribution in [3.8, 4) is 0 Å². The lowest BCUT2D eigenvalue weighted by atomic mass is 10.1. The number of hydrogen-bond acceptors (Lipinski definition) is 5. The lowest BCUT2D eigenvalue weighted by Gasteiger charge is -2.22. The number of anilines is 2. The van der Waals surface area contributed by atoms with Crippen molar-refractivity contribution >= 4 is 17.4 Å². The number of aromatic nitrogens is 2. The Kier molecular flexibility index (Phi) is 4.25. The van der Waals surface area contributed by atoms with Crippen LogP contribution < -0.4 is 9.80 Å². The lowest BCUT2D eigenvalue weighted by molar-refractivity contribution is 0.0980. The van der Waals surface area contributed by atoms with Crippen LogP contribution in [0.5, 0.6) is 0 Å². The number of fused-ring (bicyclic) bond motifs is 1. The van der Waals surface area contributed by atoms with Gasteiger partial charge in [-0.25, -0.2) is 0 Å². The van der Waals surface area contributed by atoms with Crippen molar-refractivity contribution in [3.05, 3.63) is 47.7 Å². The summed E-state index contributed by atoms with van der Waals surface area (Å²) in [5.74, 6) is 0.628. The molecular formula is C17H21N5O. The van der Waals surface area contributed by atoms with E-state index in [0.29, 0.717) is 12.2 Å². The molecule has 0 unspecified atom stereocenters. The van der Waals surface area contributed by atoms with Gasteiger partial charge in [0.2, 0.25) is 0 Å². The number of amides is 1. The summed E-state index contributed by atoms with van der Waals surface area (Å²) in [6, 6.07) is 11.6. The highest BCUT2D eigenvalue weighted by atomic mass is 16.2. The number of rotatable bonds is 2. The molecule has 2 aromatic rings. The van der Waals surface area contributed by atoms with Gasteiger partial charge in [-0.05, 0) is 30.8 Å².